The molecular formula is C31H42N4O4. The molecule has 8 nitrogen and oxygen atoms in total. The van der Waals surface area contributed by atoms with Gasteiger partial charge in [0.1, 0.15) is 23.9 Å². The molecule has 2 heterocycles. The quantitative estimate of drug-likeness (QED) is 0.482. The van der Waals surface area contributed by atoms with Gasteiger partial charge in [-0.3, -0.25) is 19.3 Å². The first kappa shape index (κ1) is 29.9. The predicted octanol–water partition coefficient (Wildman–Crippen LogP) is 3.38. The monoisotopic (exact) mass is 534 g/mol. The molecule has 0 aromatic heterocycles. The number of ether oxygens (including phenoxy) is 1. The molecule has 39 heavy (non-hydrogen) atoms. The smallest absolute Gasteiger partial charge is 0.247 e. The van der Waals surface area contributed by atoms with Gasteiger partial charge in [-0.05, 0) is 61.7 Å². The molecule has 2 bridgehead atoms. The molecule has 0 saturated carbocycles. The van der Waals surface area contributed by atoms with Gasteiger partial charge in [0.2, 0.25) is 17.7 Å². The second kappa shape index (κ2) is 13.9. The van der Waals surface area contributed by atoms with Gasteiger partial charge in [-0.25, -0.2) is 0 Å². The summed E-state index contributed by atoms with van der Waals surface area (Å²) in [6, 6.07) is 14.8. The van der Waals surface area contributed by atoms with Crippen LogP contribution in [-0.4, -0.2) is 60.9 Å². The van der Waals surface area contributed by atoms with Crippen molar-refractivity contribution in [3.63, 3.8) is 0 Å². The number of carbonyl (C=O) groups excluding carboxylic acids is 3. The maximum Gasteiger partial charge on any atom is 0.247 e. The van der Waals surface area contributed by atoms with Crippen LogP contribution < -0.4 is 20.7 Å². The summed E-state index contributed by atoms with van der Waals surface area (Å²) in [5.41, 5.74) is 1.91. The fourth-order valence-electron chi connectivity index (χ4n) is 4.55. The van der Waals surface area contributed by atoms with Crippen LogP contribution in [0.3, 0.4) is 0 Å². The van der Waals surface area contributed by atoms with Gasteiger partial charge >= 0.3 is 0 Å². The number of nitrogens with zero attached hydrogens (tertiary/aromatic N) is 1. The lowest BCUT2D eigenvalue weighted by molar-refractivity contribution is -0.136. The topological polar surface area (TPSA) is 99.8 Å². The third-order valence-corrected chi connectivity index (χ3v) is 7.21. The third kappa shape index (κ3) is 8.17. The number of fused-ring (bicyclic) bond motifs is 10. The Kier molecular flexibility index (Phi) is 10.7. The van der Waals surface area contributed by atoms with Gasteiger partial charge in [0.05, 0.1) is 6.04 Å². The van der Waals surface area contributed by atoms with Crippen molar-refractivity contribution in [3.05, 3.63) is 71.9 Å². The van der Waals surface area contributed by atoms with Crippen LogP contribution in [0.4, 0.5) is 0 Å². The zero-order chi connectivity index (χ0) is 28.5. The second-order valence-corrected chi connectivity index (χ2v) is 10.8. The molecule has 210 valence electrons. The van der Waals surface area contributed by atoms with Crippen molar-refractivity contribution in [2.45, 2.75) is 64.8 Å². The predicted molar refractivity (Wildman–Crippen MR) is 154 cm³/mol. The van der Waals surface area contributed by atoms with E-state index in [0.717, 1.165) is 11.1 Å². The molecule has 2 aliphatic heterocycles. The first-order valence-corrected chi connectivity index (χ1v) is 13.7. The number of amides is 3. The molecule has 2 aromatic carbocycles. The lowest BCUT2D eigenvalue weighted by atomic mass is 9.94. The molecule has 2 aliphatic rings. The maximum atomic E-state index is 13.9. The zero-order valence-corrected chi connectivity index (χ0v) is 23.8. The summed E-state index contributed by atoms with van der Waals surface area (Å²) in [5.74, 6) is -0.734. The Bertz CT molecular complexity index is 1130. The Morgan fingerprint density at radius 3 is 2.26 bits per heavy atom. The Morgan fingerprint density at radius 1 is 1.00 bits per heavy atom. The third-order valence-electron chi connectivity index (χ3n) is 7.21. The lowest BCUT2D eigenvalue weighted by Gasteiger charge is -2.34. The number of nitrogens with one attached hydrogen (secondary N) is 3. The average Bonchev–Trinajstić information content (AvgIpc) is 2.92. The molecule has 0 saturated heterocycles. The minimum atomic E-state index is -1.03. The van der Waals surface area contributed by atoms with E-state index in [1.165, 1.54) is 0 Å². The number of hydrogen-bond donors (Lipinski definition) is 3. The molecule has 3 amide bonds. The summed E-state index contributed by atoms with van der Waals surface area (Å²) in [6.07, 6.45) is 3.85. The first-order valence-electron chi connectivity index (χ1n) is 13.7. The van der Waals surface area contributed by atoms with E-state index in [1.54, 1.807) is 12.3 Å². The standard InChI is InChI=1S/C31H42N4O4/c1-7-21(4)26-30(37)32-18-17-22-13-15-24(16-14-22)39-28(20(2)3)27(31(38)33-26)34-29(36)25(35(5)6)19-23-11-9-8-10-12-23/h8-18,20-21,25-28H,7,19H2,1-6H3,(H,32,37)(H,33,38)(H,34,36)/b18-17-. The van der Waals surface area contributed by atoms with E-state index in [-0.39, 0.29) is 23.7 Å². The van der Waals surface area contributed by atoms with Crippen molar-refractivity contribution < 1.29 is 19.1 Å². The summed E-state index contributed by atoms with van der Waals surface area (Å²) < 4.78 is 6.35. The second-order valence-electron chi connectivity index (χ2n) is 10.8. The van der Waals surface area contributed by atoms with Crippen molar-refractivity contribution >= 4 is 23.8 Å². The molecule has 0 fully saturated rings. The molecule has 8 heteroatoms. The summed E-state index contributed by atoms with van der Waals surface area (Å²) in [7, 11) is 3.69. The number of hydrogen-bond acceptors (Lipinski definition) is 5. The number of carbonyl (C=O) groups is 3. The summed E-state index contributed by atoms with van der Waals surface area (Å²) in [4.78, 5) is 42.6. The molecule has 2 aromatic rings. The van der Waals surface area contributed by atoms with Crippen LogP contribution in [0.25, 0.3) is 6.08 Å². The minimum Gasteiger partial charge on any atom is -0.487 e. The largest absolute Gasteiger partial charge is 0.487 e. The van der Waals surface area contributed by atoms with E-state index in [0.29, 0.717) is 18.6 Å². The van der Waals surface area contributed by atoms with Gasteiger partial charge in [0, 0.05) is 6.20 Å². The molecule has 0 radical (unpaired) electrons. The van der Waals surface area contributed by atoms with Crippen molar-refractivity contribution in [1.82, 2.24) is 20.9 Å². The van der Waals surface area contributed by atoms with E-state index in [2.05, 4.69) is 16.0 Å². The molecule has 5 unspecified atom stereocenters. The van der Waals surface area contributed by atoms with Crippen molar-refractivity contribution in [2.75, 3.05) is 14.1 Å². The lowest BCUT2D eigenvalue weighted by Crippen LogP contribution is -2.62. The fraction of sp³-hybridized carbons (Fsp3) is 0.452. The highest BCUT2D eigenvalue weighted by molar-refractivity contribution is 5.94. The summed E-state index contributed by atoms with van der Waals surface area (Å²) in [5, 5.41) is 8.73. The van der Waals surface area contributed by atoms with Crippen LogP contribution in [0, 0.1) is 11.8 Å². The van der Waals surface area contributed by atoms with E-state index in [9.17, 15) is 14.4 Å². The highest BCUT2D eigenvalue weighted by Crippen LogP contribution is 2.21. The van der Waals surface area contributed by atoms with Crippen LogP contribution in [0.2, 0.25) is 0 Å². The van der Waals surface area contributed by atoms with Gasteiger partial charge in [0.15, 0.2) is 0 Å². The van der Waals surface area contributed by atoms with Crippen LogP contribution in [0.15, 0.2) is 60.8 Å². The van der Waals surface area contributed by atoms with Gasteiger partial charge in [-0.15, -0.1) is 0 Å². The van der Waals surface area contributed by atoms with E-state index in [1.807, 2.05) is 101 Å². The Labute approximate surface area is 232 Å². The van der Waals surface area contributed by atoms with Crippen LogP contribution in [-0.2, 0) is 20.8 Å². The Balaban J connectivity index is 1.99. The van der Waals surface area contributed by atoms with Crippen molar-refractivity contribution in [1.29, 1.82) is 0 Å². The van der Waals surface area contributed by atoms with E-state index >= 15 is 0 Å². The van der Waals surface area contributed by atoms with Crippen molar-refractivity contribution in [2.24, 2.45) is 11.8 Å². The van der Waals surface area contributed by atoms with Crippen molar-refractivity contribution in [3.8, 4) is 5.75 Å². The van der Waals surface area contributed by atoms with Gasteiger partial charge in [0.25, 0.3) is 0 Å². The number of benzene rings is 2. The average molecular weight is 535 g/mol. The summed E-state index contributed by atoms with van der Waals surface area (Å²) >= 11 is 0. The molecule has 0 aliphatic carbocycles. The Hall–Kier alpha value is -3.65. The fourth-order valence-corrected chi connectivity index (χ4v) is 4.55. The van der Waals surface area contributed by atoms with Crippen LogP contribution in [0.5, 0.6) is 5.75 Å². The molecule has 3 N–H and O–H groups in total. The van der Waals surface area contributed by atoms with Crippen LogP contribution in [0.1, 0.15) is 45.2 Å². The minimum absolute atomic E-state index is 0.128. The molecule has 5 atom stereocenters. The number of rotatable bonds is 8. The zero-order valence-electron chi connectivity index (χ0n) is 23.8. The first-order chi connectivity index (χ1) is 18.6. The Morgan fingerprint density at radius 2 is 1.67 bits per heavy atom. The summed E-state index contributed by atoms with van der Waals surface area (Å²) in [6.45, 7) is 7.78. The highest BCUT2D eigenvalue weighted by Gasteiger charge is 2.38. The van der Waals surface area contributed by atoms with Gasteiger partial charge in [-0.2, -0.15) is 0 Å². The maximum absolute atomic E-state index is 13.9. The van der Waals surface area contributed by atoms with Crippen LogP contribution >= 0.6 is 0 Å². The van der Waals surface area contributed by atoms with E-state index in [4.69, 9.17) is 4.74 Å². The highest BCUT2D eigenvalue weighted by atomic mass is 16.5. The molecular weight excluding hydrogens is 492 g/mol. The SMILES string of the molecule is CCC(C)C1NC(=O)C(NC(=O)C(Cc2ccccc2)N(C)C)C(C(C)C)Oc2ccc(cc2)/C=C\NC1=O. The van der Waals surface area contributed by atoms with Gasteiger partial charge < -0.3 is 20.7 Å². The number of likely N-dealkylation sites (N-methyl/N-ethyl adjacent to an activating group) is 1. The normalized spacial score (nSPS) is 22.3. The van der Waals surface area contributed by atoms with E-state index < -0.39 is 30.1 Å². The molecule has 4 rings (SSSR count). The molecule has 0 spiro atoms. The van der Waals surface area contributed by atoms with Gasteiger partial charge in [-0.1, -0.05) is 76.6 Å².